The maximum atomic E-state index is 11.8. The average molecular weight is 227 g/mol. The molecule has 0 aliphatic rings. The molecule has 1 N–H and O–H groups in total. The molecule has 0 aromatic rings. The van der Waals surface area contributed by atoms with Gasteiger partial charge in [0.05, 0.1) is 19.6 Å². The predicted octanol–water partition coefficient (Wildman–Crippen LogP) is 2.59. The third-order valence-corrected chi connectivity index (χ3v) is 1.88. The smallest absolute Gasteiger partial charge is 0.380 e. The van der Waals surface area contributed by atoms with Crippen molar-refractivity contribution in [1.82, 2.24) is 5.32 Å². The van der Waals surface area contributed by atoms with Crippen molar-refractivity contribution >= 4 is 0 Å². The number of ether oxygens (including phenoxy) is 1. The SMILES string of the molecule is CCNCC(C)(C)COCCC(F)(F)F. The molecule has 0 aliphatic heterocycles. The van der Waals surface area contributed by atoms with Crippen LogP contribution in [0, 0.1) is 5.41 Å². The summed E-state index contributed by atoms with van der Waals surface area (Å²) in [5.74, 6) is 0. The van der Waals surface area contributed by atoms with E-state index in [2.05, 4.69) is 5.32 Å². The van der Waals surface area contributed by atoms with E-state index in [1.165, 1.54) is 0 Å². The van der Waals surface area contributed by atoms with E-state index in [-0.39, 0.29) is 12.0 Å². The van der Waals surface area contributed by atoms with Gasteiger partial charge in [0.15, 0.2) is 0 Å². The van der Waals surface area contributed by atoms with Crippen LogP contribution in [0.15, 0.2) is 0 Å². The van der Waals surface area contributed by atoms with Crippen LogP contribution in [0.5, 0.6) is 0 Å². The van der Waals surface area contributed by atoms with Gasteiger partial charge in [-0.1, -0.05) is 20.8 Å². The van der Waals surface area contributed by atoms with Crippen molar-refractivity contribution in [2.75, 3.05) is 26.3 Å². The fraction of sp³-hybridized carbons (Fsp3) is 1.00. The van der Waals surface area contributed by atoms with Crippen LogP contribution < -0.4 is 5.32 Å². The Morgan fingerprint density at radius 1 is 1.20 bits per heavy atom. The van der Waals surface area contributed by atoms with Crippen molar-refractivity contribution < 1.29 is 17.9 Å². The number of rotatable bonds is 7. The molecule has 0 rings (SSSR count). The molecule has 0 saturated carbocycles. The third-order valence-electron chi connectivity index (χ3n) is 1.88. The van der Waals surface area contributed by atoms with Crippen molar-refractivity contribution in [3.63, 3.8) is 0 Å². The van der Waals surface area contributed by atoms with Crippen LogP contribution in [-0.4, -0.2) is 32.5 Å². The molecule has 0 radical (unpaired) electrons. The van der Waals surface area contributed by atoms with E-state index in [1.54, 1.807) is 0 Å². The summed E-state index contributed by atoms with van der Waals surface area (Å²) in [6.45, 7) is 7.60. The molecule has 2 nitrogen and oxygen atoms in total. The number of alkyl halides is 3. The molecule has 0 heterocycles. The second kappa shape index (κ2) is 6.33. The average Bonchev–Trinajstić information content (AvgIpc) is 2.08. The van der Waals surface area contributed by atoms with E-state index in [4.69, 9.17) is 4.74 Å². The third kappa shape index (κ3) is 10.0. The van der Waals surface area contributed by atoms with Gasteiger partial charge in [0.25, 0.3) is 0 Å². The largest absolute Gasteiger partial charge is 0.391 e. The van der Waals surface area contributed by atoms with Gasteiger partial charge in [0.2, 0.25) is 0 Å². The molecule has 0 saturated heterocycles. The molecule has 0 amide bonds. The molecule has 0 aromatic heterocycles. The summed E-state index contributed by atoms with van der Waals surface area (Å²) < 4.78 is 40.4. The highest BCUT2D eigenvalue weighted by Crippen LogP contribution is 2.20. The van der Waals surface area contributed by atoms with E-state index in [1.807, 2.05) is 20.8 Å². The van der Waals surface area contributed by atoms with Crippen molar-refractivity contribution in [1.29, 1.82) is 0 Å². The van der Waals surface area contributed by atoms with Gasteiger partial charge in [-0.2, -0.15) is 13.2 Å². The summed E-state index contributed by atoms with van der Waals surface area (Å²) in [6.07, 6.45) is -4.99. The highest BCUT2D eigenvalue weighted by molar-refractivity contribution is 4.70. The van der Waals surface area contributed by atoms with Crippen molar-refractivity contribution in [3.05, 3.63) is 0 Å². The van der Waals surface area contributed by atoms with E-state index < -0.39 is 12.6 Å². The van der Waals surface area contributed by atoms with Gasteiger partial charge in [-0.05, 0) is 6.54 Å². The van der Waals surface area contributed by atoms with Gasteiger partial charge >= 0.3 is 6.18 Å². The van der Waals surface area contributed by atoms with Crippen LogP contribution in [0.1, 0.15) is 27.2 Å². The molecule has 5 heteroatoms. The predicted molar refractivity (Wildman–Crippen MR) is 53.8 cm³/mol. The van der Waals surface area contributed by atoms with E-state index in [0.29, 0.717) is 6.61 Å². The van der Waals surface area contributed by atoms with E-state index >= 15 is 0 Å². The molecule has 92 valence electrons. The summed E-state index contributed by atoms with van der Waals surface area (Å²) in [4.78, 5) is 0. The highest BCUT2D eigenvalue weighted by atomic mass is 19.4. The summed E-state index contributed by atoms with van der Waals surface area (Å²) in [5.41, 5.74) is -0.123. The Kier molecular flexibility index (Phi) is 6.20. The first-order chi connectivity index (χ1) is 6.77. The Morgan fingerprint density at radius 3 is 2.27 bits per heavy atom. The zero-order valence-electron chi connectivity index (χ0n) is 9.58. The van der Waals surface area contributed by atoms with Crippen molar-refractivity contribution in [2.24, 2.45) is 5.41 Å². The minimum atomic E-state index is -4.12. The normalized spacial score (nSPS) is 13.2. The Morgan fingerprint density at radius 2 is 1.80 bits per heavy atom. The van der Waals surface area contributed by atoms with Crippen LogP contribution in [-0.2, 0) is 4.74 Å². The van der Waals surface area contributed by atoms with Crippen LogP contribution in [0.2, 0.25) is 0 Å². The number of halogens is 3. The van der Waals surface area contributed by atoms with Gasteiger partial charge in [0.1, 0.15) is 0 Å². The molecule has 0 spiro atoms. The van der Waals surface area contributed by atoms with Crippen LogP contribution in [0.25, 0.3) is 0 Å². The zero-order chi connectivity index (χ0) is 11.9. The Labute approximate surface area is 89.2 Å². The van der Waals surface area contributed by atoms with Crippen LogP contribution in [0.4, 0.5) is 13.2 Å². The summed E-state index contributed by atoms with van der Waals surface area (Å²) in [7, 11) is 0. The summed E-state index contributed by atoms with van der Waals surface area (Å²) >= 11 is 0. The van der Waals surface area contributed by atoms with Crippen LogP contribution in [0.3, 0.4) is 0 Å². The second-order valence-electron chi connectivity index (χ2n) is 4.36. The molecule has 0 fully saturated rings. The van der Waals surface area contributed by atoms with E-state index in [0.717, 1.165) is 13.1 Å². The molecule has 0 bridgehead atoms. The number of hydrogen-bond donors (Lipinski definition) is 1. The van der Waals surface area contributed by atoms with Gasteiger partial charge in [-0.3, -0.25) is 0 Å². The molecular weight excluding hydrogens is 207 g/mol. The van der Waals surface area contributed by atoms with Crippen molar-refractivity contribution in [3.8, 4) is 0 Å². The lowest BCUT2D eigenvalue weighted by Crippen LogP contribution is -2.33. The molecule has 15 heavy (non-hydrogen) atoms. The number of nitrogens with one attached hydrogen (secondary N) is 1. The Bertz CT molecular complexity index is 169. The fourth-order valence-electron chi connectivity index (χ4n) is 1.05. The zero-order valence-corrected chi connectivity index (χ0v) is 9.58. The van der Waals surface area contributed by atoms with Crippen molar-refractivity contribution in [2.45, 2.75) is 33.4 Å². The minimum Gasteiger partial charge on any atom is -0.380 e. The summed E-state index contributed by atoms with van der Waals surface area (Å²) in [6, 6.07) is 0. The monoisotopic (exact) mass is 227 g/mol. The lowest BCUT2D eigenvalue weighted by molar-refractivity contribution is -0.147. The molecule has 0 unspecified atom stereocenters. The van der Waals surface area contributed by atoms with Crippen LogP contribution >= 0.6 is 0 Å². The molecule has 0 aromatic carbocycles. The Balaban J connectivity index is 3.57. The van der Waals surface area contributed by atoms with E-state index in [9.17, 15) is 13.2 Å². The van der Waals surface area contributed by atoms with Gasteiger partial charge in [0, 0.05) is 12.0 Å². The standard InChI is InChI=1S/C10H20F3NO/c1-4-14-7-9(2,3)8-15-6-5-10(11,12)13/h14H,4-8H2,1-3H3. The molecule has 0 atom stereocenters. The maximum Gasteiger partial charge on any atom is 0.391 e. The lowest BCUT2D eigenvalue weighted by atomic mass is 9.95. The topological polar surface area (TPSA) is 21.3 Å². The first-order valence-electron chi connectivity index (χ1n) is 5.12. The first-order valence-corrected chi connectivity index (χ1v) is 5.12. The van der Waals surface area contributed by atoms with Gasteiger partial charge < -0.3 is 10.1 Å². The van der Waals surface area contributed by atoms with Gasteiger partial charge in [-0.15, -0.1) is 0 Å². The Hall–Kier alpha value is -0.290. The molecule has 0 aliphatic carbocycles. The highest BCUT2D eigenvalue weighted by Gasteiger charge is 2.27. The quantitative estimate of drug-likeness (QED) is 0.675. The summed E-state index contributed by atoms with van der Waals surface area (Å²) in [5, 5.41) is 3.14. The number of hydrogen-bond acceptors (Lipinski definition) is 2. The fourth-order valence-corrected chi connectivity index (χ4v) is 1.05. The lowest BCUT2D eigenvalue weighted by Gasteiger charge is -2.24. The van der Waals surface area contributed by atoms with Gasteiger partial charge in [-0.25, -0.2) is 0 Å². The maximum absolute atomic E-state index is 11.8. The second-order valence-corrected chi connectivity index (χ2v) is 4.36. The molecular formula is C10H20F3NO. The first kappa shape index (κ1) is 14.7. The minimum absolute atomic E-state index is 0.123.